The van der Waals surface area contributed by atoms with Crippen LogP contribution in [0.5, 0.6) is 23.0 Å². The Balaban J connectivity index is 1.64. The first-order valence-corrected chi connectivity index (χ1v) is 11.1. The zero-order valence-electron chi connectivity index (χ0n) is 19.1. The van der Waals surface area contributed by atoms with Crippen molar-refractivity contribution in [3.63, 3.8) is 0 Å². The lowest BCUT2D eigenvalue weighted by Crippen LogP contribution is -2.60. The van der Waals surface area contributed by atoms with E-state index in [9.17, 15) is 45.3 Å². The molecule has 0 aromatic heterocycles. The van der Waals surface area contributed by atoms with Crippen LogP contribution in [-0.4, -0.2) is 90.9 Å². The molecule has 194 valence electrons. The first-order chi connectivity index (χ1) is 17.0. The molecule has 0 radical (unpaired) electrons. The zero-order valence-corrected chi connectivity index (χ0v) is 19.1. The monoisotopic (exact) mass is 506 g/mol. The third kappa shape index (κ3) is 4.81. The molecule has 2 aliphatic heterocycles. The van der Waals surface area contributed by atoms with E-state index < -0.39 is 60.9 Å². The molecule has 1 saturated heterocycles. The Labute approximate surface area is 204 Å². The molecule has 0 aliphatic carbocycles. The fourth-order valence-electron chi connectivity index (χ4n) is 4.52. The van der Waals surface area contributed by atoms with Gasteiger partial charge in [-0.2, -0.15) is 0 Å². The van der Waals surface area contributed by atoms with Crippen LogP contribution in [0.1, 0.15) is 38.8 Å². The van der Waals surface area contributed by atoms with Gasteiger partial charge in [0.15, 0.2) is 5.78 Å². The van der Waals surface area contributed by atoms with Crippen LogP contribution >= 0.6 is 0 Å². The van der Waals surface area contributed by atoms with Crippen LogP contribution in [0.15, 0.2) is 24.3 Å². The number of cyclic esters (lactones) is 1. The Morgan fingerprint density at radius 1 is 1.03 bits per heavy atom. The van der Waals surface area contributed by atoms with Crippen molar-refractivity contribution in [1.82, 2.24) is 0 Å². The van der Waals surface area contributed by atoms with Crippen molar-refractivity contribution in [2.24, 2.45) is 0 Å². The number of ether oxygens (including phenoxy) is 3. The summed E-state index contributed by atoms with van der Waals surface area (Å²) in [4.78, 5) is 25.1. The molecule has 0 bridgehead atoms. The molecular formula is C24H26O12. The lowest BCUT2D eigenvalue weighted by molar-refractivity contribution is -0.277. The van der Waals surface area contributed by atoms with Gasteiger partial charge in [-0.1, -0.05) is 0 Å². The highest BCUT2D eigenvalue weighted by Crippen LogP contribution is 2.36. The predicted molar refractivity (Wildman–Crippen MR) is 119 cm³/mol. The fraction of sp³-hybridized carbons (Fsp3) is 0.417. The molecule has 6 atom stereocenters. The van der Waals surface area contributed by atoms with Gasteiger partial charge in [0.2, 0.25) is 6.29 Å². The second-order valence-corrected chi connectivity index (χ2v) is 8.78. The van der Waals surface area contributed by atoms with Gasteiger partial charge in [0.25, 0.3) is 0 Å². The predicted octanol–water partition coefficient (Wildman–Crippen LogP) is -0.491. The number of benzene rings is 2. The summed E-state index contributed by atoms with van der Waals surface area (Å²) < 4.78 is 16.4. The average Bonchev–Trinajstić information content (AvgIpc) is 2.78. The second-order valence-electron chi connectivity index (χ2n) is 8.78. The molecule has 0 saturated carbocycles. The highest BCUT2D eigenvalue weighted by molar-refractivity contribution is 5.99. The van der Waals surface area contributed by atoms with Crippen molar-refractivity contribution in [2.75, 3.05) is 6.61 Å². The third-order valence-electron chi connectivity index (χ3n) is 6.17. The molecule has 0 unspecified atom stereocenters. The number of esters is 1. The van der Waals surface area contributed by atoms with Crippen LogP contribution in [-0.2, 0) is 22.3 Å². The second kappa shape index (κ2) is 9.91. The minimum absolute atomic E-state index is 0.0228. The van der Waals surface area contributed by atoms with Crippen LogP contribution in [0.2, 0.25) is 0 Å². The lowest BCUT2D eigenvalue weighted by Gasteiger charge is -2.39. The fourth-order valence-corrected chi connectivity index (χ4v) is 4.52. The maximum absolute atomic E-state index is 12.6. The Morgan fingerprint density at radius 2 is 1.72 bits per heavy atom. The van der Waals surface area contributed by atoms with Gasteiger partial charge in [0.1, 0.15) is 59.1 Å². The van der Waals surface area contributed by atoms with Crippen molar-refractivity contribution in [3.8, 4) is 23.0 Å². The van der Waals surface area contributed by atoms with Crippen LogP contribution in [0, 0.1) is 0 Å². The van der Waals surface area contributed by atoms with E-state index >= 15 is 0 Å². The normalized spacial score (nSPS) is 27.8. The quantitative estimate of drug-likeness (QED) is 0.196. The first kappa shape index (κ1) is 25.7. The Bertz CT molecular complexity index is 1180. The Hall–Kier alpha value is -3.42. The van der Waals surface area contributed by atoms with Gasteiger partial charge in [-0.25, -0.2) is 4.79 Å². The number of hydrogen-bond donors (Lipinski definition) is 7. The average molecular weight is 506 g/mol. The van der Waals surface area contributed by atoms with E-state index in [-0.39, 0.29) is 46.8 Å². The molecule has 1 fully saturated rings. The maximum Gasteiger partial charge on any atom is 0.342 e. The summed E-state index contributed by atoms with van der Waals surface area (Å²) in [6, 6.07) is 4.72. The molecule has 2 aromatic rings. The molecule has 7 N–H and O–H groups in total. The van der Waals surface area contributed by atoms with Crippen molar-refractivity contribution < 1.29 is 59.5 Å². The van der Waals surface area contributed by atoms with Gasteiger partial charge >= 0.3 is 5.97 Å². The van der Waals surface area contributed by atoms with Gasteiger partial charge in [0, 0.05) is 25.0 Å². The summed E-state index contributed by atoms with van der Waals surface area (Å²) in [6.07, 6.45) is -8.71. The molecule has 2 heterocycles. The highest BCUT2D eigenvalue weighted by Gasteiger charge is 2.45. The number of hydrogen-bond acceptors (Lipinski definition) is 12. The zero-order chi connectivity index (χ0) is 26.3. The standard InChI is InChI=1S/C24H26O12/c1-9(26)18-10(4-14-5-11-3-12(27)6-15(29)19(11)23(33)34-14)2-13(28)7-16(18)35-24-22(32)21(31)20(30)17(8-25)36-24/h2-3,6-7,14,17,20-22,24-25,27-32H,4-5,8H2,1H3/t14-,17-,20-,21+,22-,24-/m0/s1. The summed E-state index contributed by atoms with van der Waals surface area (Å²) >= 11 is 0. The van der Waals surface area contributed by atoms with Crippen molar-refractivity contribution >= 4 is 11.8 Å². The number of fused-ring (bicyclic) bond motifs is 1. The highest BCUT2D eigenvalue weighted by atomic mass is 16.7. The van der Waals surface area contributed by atoms with Crippen LogP contribution in [0.25, 0.3) is 0 Å². The number of phenolic OH excluding ortho intramolecular Hbond substituents is 3. The van der Waals surface area contributed by atoms with Crippen molar-refractivity contribution in [1.29, 1.82) is 0 Å². The Morgan fingerprint density at radius 3 is 2.39 bits per heavy atom. The smallest absolute Gasteiger partial charge is 0.342 e. The van der Waals surface area contributed by atoms with Crippen molar-refractivity contribution in [2.45, 2.75) is 56.6 Å². The summed E-state index contributed by atoms with van der Waals surface area (Å²) in [5.41, 5.74) is 0.479. The lowest BCUT2D eigenvalue weighted by atomic mass is 9.91. The minimum Gasteiger partial charge on any atom is -0.508 e. The number of carbonyl (C=O) groups excluding carboxylic acids is 2. The molecule has 2 aromatic carbocycles. The molecule has 12 nitrogen and oxygen atoms in total. The van der Waals surface area contributed by atoms with E-state index in [1.54, 1.807) is 0 Å². The summed E-state index contributed by atoms with van der Waals surface area (Å²) in [5, 5.41) is 69.7. The van der Waals surface area contributed by atoms with E-state index in [1.165, 1.54) is 19.1 Å². The molecule has 0 spiro atoms. The first-order valence-electron chi connectivity index (χ1n) is 11.1. The summed E-state index contributed by atoms with van der Waals surface area (Å²) in [5.74, 6) is -2.52. The molecule has 0 amide bonds. The minimum atomic E-state index is -1.75. The molecule has 36 heavy (non-hydrogen) atoms. The molecule has 4 rings (SSSR count). The number of rotatable bonds is 6. The summed E-state index contributed by atoms with van der Waals surface area (Å²) in [7, 11) is 0. The van der Waals surface area contributed by atoms with E-state index in [0.29, 0.717) is 5.56 Å². The Kier molecular flexibility index (Phi) is 7.07. The summed E-state index contributed by atoms with van der Waals surface area (Å²) in [6.45, 7) is 0.545. The van der Waals surface area contributed by atoms with Gasteiger partial charge in [-0.05, 0) is 30.2 Å². The maximum atomic E-state index is 12.6. The number of carbonyl (C=O) groups is 2. The molecular weight excluding hydrogens is 480 g/mol. The van der Waals surface area contributed by atoms with E-state index in [1.807, 2.05) is 0 Å². The van der Waals surface area contributed by atoms with Gasteiger partial charge in [0.05, 0.1) is 12.2 Å². The number of ketones is 1. The van der Waals surface area contributed by atoms with E-state index in [0.717, 1.165) is 12.1 Å². The SMILES string of the molecule is CC(=O)c1c(C[C@H]2Cc3cc(O)cc(O)c3C(=O)O2)cc(O)cc1O[C@H]1O[C@@H](CO)[C@H](O)[C@@H](O)[C@@H]1O. The third-order valence-corrected chi connectivity index (χ3v) is 6.17. The van der Waals surface area contributed by atoms with Crippen molar-refractivity contribution in [3.05, 3.63) is 46.5 Å². The van der Waals surface area contributed by atoms with Gasteiger partial charge in [-0.15, -0.1) is 0 Å². The number of aliphatic hydroxyl groups is 4. The van der Waals surface area contributed by atoms with Crippen LogP contribution in [0.3, 0.4) is 0 Å². The van der Waals surface area contributed by atoms with E-state index in [4.69, 9.17) is 14.2 Å². The largest absolute Gasteiger partial charge is 0.508 e. The number of aromatic hydroxyl groups is 3. The van der Waals surface area contributed by atoms with Gasteiger partial charge in [-0.3, -0.25) is 4.79 Å². The van der Waals surface area contributed by atoms with Crippen LogP contribution in [0.4, 0.5) is 0 Å². The van der Waals surface area contributed by atoms with E-state index in [2.05, 4.69) is 0 Å². The number of phenols is 3. The number of aliphatic hydroxyl groups excluding tert-OH is 4. The topological polar surface area (TPSA) is 203 Å². The molecule has 2 aliphatic rings. The molecule has 12 heteroatoms. The number of Topliss-reactive ketones (excluding diaryl/α,β-unsaturated/α-hetero) is 1. The van der Waals surface area contributed by atoms with Gasteiger partial charge < -0.3 is 50.0 Å². The van der Waals surface area contributed by atoms with Crippen LogP contribution < -0.4 is 4.74 Å².